The van der Waals surface area contributed by atoms with E-state index in [0.29, 0.717) is 21.7 Å². The first kappa shape index (κ1) is 20.5. The number of para-hydroxylation sites is 1. The molecule has 0 unspecified atom stereocenters. The molecule has 0 saturated heterocycles. The molecule has 3 aromatic rings. The fraction of sp³-hybridized carbons (Fsp3) is 0.238. The highest BCUT2D eigenvalue weighted by atomic mass is 35.5. The Hall–Kier alpha value is -3.19. The number of esters is 1. The van der Waals surface area contributed by atoms with Gasteiger partial charge in [0.25, 0.3) is 11.5 Å². The molecule has 2 N–H and O–H groups in total. The van der Waals surface area contributed by atoms with E-state index in [4.69, 9.17) is 16.3 Å². The Morgan fingerprint density at radius 3 is 2.69 bits per heavy atom. The molecule has 2 aromatic carbocycles. The first-order chi connectivity index (χ1) is 13.9. The average Bonchev–Trinajstić information content (AvgIpc) is 2.71. The molecule has 0 radical (unpaired) electrons. The van der Waals surface area contributed by atoms with Gasteiger partial charge < -0.3 is 15.0 Å². The van der Waals surface area contributed by atoms with E-state index in [-0.39, 0.29) is 24.9 Å². The molecule has 0 aliphatic carbocycles. The van der Waals surface area contributed by atoms with Crippen molar-refractivity contribution in [1.29, 1.82) is 0 Å². The van der Waals surface area contributed by atoms with Crippen molar-refractivity contribution < 1.29 is 14.3 Å². The largest absolute Gasteiger partial charge is 0.453 e. The second-order valence-electron chi connectivity index (χ2n) is 6.47. The maximum atomic E-state index is 12.1. The van der Waals surface area contributed by atoms with Crippen LogP contribution in [0.15, 0.2) is 53.3 Å². The van der Waals surface area contributed by atoms with E-state index in [1.54, 1.807) is 42.5 Å². The summed E-state index contributed by atoms with van der Waals surface area (Å²) in [5.41, 5.74) is 1.07. The summed E-state index contributed by atoms with van der Waals surface area (Å²) >= 11 is 6.05. The van der Waals surface area contributed by atoms with E-state index in [0.717, 1.165) is 5.56 Å². The lowest BCUT2D eigenvalue weighted by Crippen LogP contribution is -2.35. The van der Waals surface area contributed by atoms with Crippen LogP contribution in [0.2, 0.25) is 5.02 Å². The van der Waals surface area contributed by atoms with Crippen LogP contribution >= 0.6 is 11.6 Å². The molecule has 29 heavy (non-hydrogen) atoms. The van der Waals surface area contributed by atoms with Crippen molar-refractivity contribution in [2.45, 2.75) is 32.4 Å². The highest BCUT2D eigenvalue weighted by molar-refractivity contribution is 6.31. The number of benzene rings is 2. The Labute approximate surface area is 172 Å². The van der Waals surface area contributed by atoms with Gasteiger partial charge in [0.05, 0.1) is 17.3 Å². The lowest BCUT2D eigenvalue weighted by molar-refractivity contribution is -0.154. The molecule has 0 aliphatic heterocycles. The second kappa shape index (κ2) is 9.34. The van der Waals surface area contributed by atoms with Crippen LogP contribution in [0, 0.1) is 0 Å². The smallest absolute Gasteiger partial charge is 0.307 e. The zero-order valence-corrected chi connectivity index (χ0v) is 16.5. The number of ether oxygens (including phenoxy) is 1. The molecule has 0 saturated carbocycles. The summed E-state index contributed by atoms with van der Waals surface area (Å²) in [5.74, 6) is -0.585. The number of hydrogen-bond donors (Lipinski definition) is 2. The number of halogens is 1. The third-order valence-electron chi connectivity index (χ3n) is 4.32. The molecular formula is C21H20ClN3O4. The summed E-state index contributed by atoms with van der Waals surface area (Å²) < 4.78 is 5.17. The number of rotatable bonds is 7. The highest BCUT2D eigenvalue weighted by Crippen LogP contribution is 2.14. The van der Waals surface area contributed by atoms with Crippen LogP contribution in [0.5, 0.6) is 0 Å². The maximum Gasteiger partial charge on any atom is 0.307 e. The maximum absolute atomic E-state index is 12.1. The standard InChI is InChI=1S/C21H20ClN3O4/c1-13(20(27)23-12-14-6-2-4-8-16(14)22)29-19(26)11-10-18-24-17-9-5-3-7-15(17)21(28)25-18/h2-9,13H,10-12H2,1H3,(H,23,27)(H,24,25,28)/t13-/m1/s1. The number of carbonyl (C=O) groups excluding carboxylic acids is 2. The Morgan fingerprint density at radius 2 is 1.90 bits per heavy atom. The fourth-order valence-electron chi connectivity index (χ4n) is 2.75. The summed E-state index contributed by atoms with van der Waals surface area (Å²) in [7, 11) is 0. The minimum atomic E-state index is -0.950. The number of aromatic amines is 1. The van der Waals surface area contributed by atoms with Crippen molar-refractivity contribution in [3.8, 4) is 0 Å². The number of nitrogens with zero attached hydrogens (tertiary/aromatic N) is 1. The van der Waals surface area contributed by atoms with Crippen LogP contribution in [-0.2, 0) is 27.3 Å². The van der Waals surface area contributed by atoms with Crippen LogP contribution < -0.4 is 10.9 Å². The molecule has 0 bridgehead atoms. The van der Waals surface area contributed by atoms with Gasteiger partial charge >= 0.3 is 5.97 Å². The lowest BCUT2D eigenvalue weighted by atomic mass is 10.2. The zero-order chi connectivity index (χ0) is 20.8. The van der Waals surface area contributed by atoms with Gasteiger partial charge in [-0.3, -0.25) is 14.4 Å². The van der Waals surface area contributed by atoms with Gasteiger partial charge in [-0.1, -0.05) is 41.9 Å². The molecular weight excluding hydrogens is 394 g/mol. The number of nitrogens with one attached hydrogen (secondary N) is 2. The van der Waals surface area contributed by atoms with Gasteiger partial charge in [0, 0.05) is 18.0 Å². The Kier molecular flexibility index (Phi) is 6.61. The van der Waals surface area contributed by atoms with Gasteiger partial charge in [-0.25, -0.2) is 4.98 Å². The van der Waals surface area contributed by atoms with Crippen LogP contribution in [0.1, 0.15) is 24.7 Å². The van der Waals surface area contributed by atoms with Gasteiger partial charge in [-0.15, -0.1) is 0 Å². The molecule has 1 amide bonds. The molecule has 8 heteroatoms. The van der Waals surface area contributed by atoms with Gasteiger partial charge in [0.2, 0.25) is 0 Å². The SMILES string of the molecule is C[C@@H](OC(=O)CCc1nc2ccccc2c(=O)[nH]1)C(=O)NCc1ccccc1Cl. The van der Waals surface area contributed by atoms with Crippen molar-refractivity contribution in [2.24, 2.45) is 0 Å². The molecule has 1 atom stereocenters. The number of aryl methyl sites for hydroxylation is 1. The summed E-state index contributed by atoms with van der Waals surface area (Å²) in [6.45, 7) is 1.73. The molecule has 150 valence electrons. The molecule has 0 fully saturated rings. The molecule has 3 rings (SSSR count). The average molecular weight is 414 g/mol. The van der Waals surface area contributed by atoms with Gasteiger partial charge in [-0.2, -0.15) is 0 Å². The Balaban J connectivity index is 1.50. The van der Waals surface area contributed by atoms with Crippen molar-refractivity contribution in [2.75, 3.05) is 0 Å². The predicted octanol–water partition coefficient (Wildman–Crippen LogP) is 2.76. The number of carbonyl (C=O) groups is 2. The van der Waals surface area contributed by atoms with Crippen LogP contribution in [0.4, 0.5) is 0 Å². The minimum absolute atomic E-state index is 0.0105. The normalized spacial score (nSPS) is 11.8. The van der Waals surface area contributed by atoms with Crippen molar-refractivity contribution in [1.82, 2.24) is 15.3 Å². The van der Waals surface area contributed by atoms with Crippen molar-refractivity contribution >= 4 is 34.4 Å². The van der Waals surface area contributed by atoms with E-state index in [9.17, 15) is 14.4 Å². The first-order valence-corrected chi connectivity index (χ1v) is 9.50. The molecule has 1 heterocycles. The fourth-order valence-corrected chi connectivity index (χ4v) is 2.95. The third-order valence-corrected chi connectivity index (χ3v) is 4.68. The third kappa shape index (κ3) is 5.42. The number of fused-ring (bicyclic) bond motifs is 1. The van der Waals surface area contributed by atoms with E-state index in [1.165, 1.54) is 6.92 Å². The Bertz CT molecular complexity index is 1100. The van der Waals surface area contributed by atoms with E-state index in [2.05, 4.69) is 15.3 Å². The summed E-state index contributed by atoms with van der Waals surface area (Å²) in [5, 5.41) is 3.72. The second-order valence-corrected chi connectivity index (χ2v) is 6.88. The van der Waals surface area contributed by atoms with Crippen LogP contribution in [0.3, 0.4) is 0 Å². The zero-order valence-electron chi connectivity index (χ0n) is 15.8. The van der Waals surface area contributed by atoms with Crippen molar-refractivity contribution in [3.05, 3.63) is 75.3 Å². The summed E-state index contributed by atoms with van der Waals surface area (Å²) in [4.78, 5) is 43.2. The molecule has 0 spiro atoms. The van der Waals surface area contributed by atoms with Crippen molar-refractivity contribution in [3.63, 3.8) is 0 Å². The first-order valence-electron chi connectivity index (χ1n) is 9.12. The predicted molar refractivity (Wildman–Crippen MR) is 110 cm³/mol. The van der Waals surface area contributed by atoms with E-state index in [1.807, 2.05) is 6.07 Å². The summed E-state index contributed by atoms with van der Waals surface area (Å²) in [6.07, 6.45) is -0.760. The van der Waals surface area contributed by atoms with E-state index < -0.39 is 18.0 Å². The molecule has 7 nitrogen and oxygen atoms in total. The Morgan fingerprint density at radius 1 is 1.17 bits per heavy atom. The monoisotopic (exact) mass is 413 g/mol. The van der Waals surface area contributed by atoms with Gasteiger partial charge in [0.1, 0.15) is 5.82 Å². The van der Waals surface area contributed by atoms with Crippen LogP contribution in [0.25, 0.3) is 10.9 Å². The number of H-pyrrole nitrogens is 1. The van der Waals surface area contributed by atoms with E-state index >= 15 is 0 Å². The quantitative estimate of drug-likeness (QED) is 0.580. The topological polar surface area (TPSA) is 101 Å². The highest BCUT2D eigenvalue weighted by Gasteiger charge is 2.18. The number of amides is 1. The summed E-state index contributed by atoms with van der Waals surface area (Å²) in [6, 6.07) is 14.1. The van der Waals surface area contributed by atoms with Gasteiger partial charge in [0.15, 0.2) is 6.10 Å². The molecule has 0 aliphatic rings. The minimum Gasteiger partial charge on any atom is -0.453 e. The van der Waals surface area contributed by atoms with Gasteiger partial charge in [-0.05, 0) is 30.7 Å². The van der Waals surface area contributed by atoms with Crippen LogP contribution in [-0.4, -0.2) is 27.9 Å². The lowest BCUT2D eigenvalue weighted by Gasteiger charge is -2.14. The molecule has 1 aromatic heterocycles. The number of aromatic nitrogens is 2. The number of hydrogen-bond acceptors (Lipinski definition) is 5.